The Balaban J connectivity index is 3.95. The zero-order valence-electron chi connectivity index (χ0n) is 22.6. The average Bonchev–Trinajstić information content (AvgIpc) is 2.85. The molecule has 0 heterocycles. The van der Waals surface area contributed by atoms with Crippen molar-refractivity contribution in [3.63, 3.8) is 0 Å². The van der Waals surface area contributed by atoms with Gasteiger partial charge in [-0.3, -0.25) is 9.59 Å². The van der Waals surface area contributed by atoms with Crippen molar-refractivity contribution in [2.75, 3.05) is 0 Å². The number of hydrogen-bond acceptors (Lipinski definition) is 8. The Morgan fingerprint density at radius 2 is 0.722 bits per heavy atom. The maximum atomic E-state index is 11.9. The van der Waals surface area contributed by atoms with Crippen LogP contribution in [-0.2, 0) is 28.7 Å². The van der Waals surface area contributed by atoms with E-state index >= 15 is 0 Å². The number of aliphatic hydroxyl groups excluding tert-OH is 2. The third kappa shape index (κ3) is 19.4. The quantitative estimate of drug-likeness (QED) is 0.101. The van der Waals surface area contributed by atoms with Crippen LogP contribution in [0.25, 0.3) is 0 Å². The van der Waals surface area contributed by atoms with Crippen LogP contribution in [-0.4, -0.2) is 46.3 Å². The first kappa shape index (κ1) is 34.2. The molecule has 0 aliphatic rings. The van der Waals surface area contributed by atoms with Gasteiger partial charge in [-0.2, -0.15) is 0 Å². The number of carbonyl (C=O) groups is 4. The minimum atomic E-state index is -2.30. The van der Waals surface area contributed by atoms with Crippen LogP contribution >= 0.6 is 0 Å². The molecule has 0 bridgehead atoms. The normalized spacial score (nSPS) is 12.7. The van der Waals surface area contributed by atoms with Crippen molar-refractivity contribution in [1.29, 1.82) is 0 Å². The standard InChI is InChI=1S/C28H50O8/c1-3-5-7-9-11-13-15-17-19-21-23(29)35-27(33)25(31)26(32)28(34)36-24(30)22-20-18-16-14-12-10-8-6-4-2/h25-26,31-32H,3-22H2,1-2H3. The van der Waals surface area contributed by atoms with E-state index in [-0.39, 0.29) is 12.8 Å². The van der Waals surface area contributed by atoms with Crippen LogP contribution in [0, 0.1) is 0 Å². The smallest absolute Gasteiger partial charge is 0.346 e. The summed E-state index contributed by atoms with van der Waals surface area (Å²) in [5, 5.41) is 19.6. The van der Waals surface area contributed by atoms with E-state index in [2.05, 4.69) is 23.3 Å². The Labute approximate surface area is 217 Å². The maximum Gasteiger partial charge on any atom is 0.346 e. The summed E-state index contributed by atoms with van der Waals surface area (Å²) in [6.07, 6.45) is 14.6. The summed E-state index contributed by atoms with van der Waals surface area (Å²) >= 11 is 0. The SMILES string of the molecule is CCCCCCCCCCCC(=O)OC(=O)C(O)C(O)C(=O)OC(=O)CCCCCCCCCCC. The lowest BCUT2D eigenvalue weighted by Crippen LogP contribution is -2.42. The second kappa shape index (κ2) is 23.6. The number of esters is 4. The van der Waals surface area contributed by atoms with Crippen molar-refractivity contribution in [2.45, 2.75) is 154 Å². The maximum absolute atomic E-state index is 11.9. The third-order valence-corrected chi connectivity index (χ3v) is 6.18. The zero-order chi connectivity index (χ0) is 27.0. The predicted octanol–water partition coefficient (Wildman–Crippen LogP) is 5.69. The van der Waals surface area contributed by atoms with E-state index in [1.807, 2.05) is 0 Å². The molecule has 8 heteroatoms. The Hall–Kier alpha value is -1.80. The van der Waals surface area contributed by atoms with Gasteiger partial charge < -0.3 is 19.7 Å². The molecule has 36 heavy (non-hydrogen) atoms. The van der Waals surface area contributed by atoms with Crippen LogP contribution in [0.15, 0.2) is 0 Å². The van der Waals surface area contributed by atoms with Crippen molar-refractivity contribution < 1.29 is 38.9 Å². The molecule has 2 N–H and O–H groups in total. The van der Waals surface area contributed by atoms with E-state index < -0.39 is 36.1 Å². The van der Waals surface area contributed by atoms with Gasteiger partial charge in [-0.25, -0.2) is 9.59 Å². The molecule has 0 saturated carbocycles. The fourth-order valence-electron chi connectivity index (χ4n) is 3.86. The van der Waals surface area contributed by atoms with Gasteiger partial charge >= 0.3 is 23.9 Å². The second-order valence-corrected chi connectivity index (χ2v) is 9.63. The molecule has 0 spiro atoms. The highest BCUT2D eigenvalue weighted by Gasteiger charge is 2.35. The van der Waals surface area contributed by atoms with Gasteiger partial charge in [0.1, 0.15) is 0 Å². The molecule has 0 radical (unpaired) electrons. The summed E-state index contributed by atoms with van der Waals surface area (Å²) in [7, 11) is 0. The molecule has 0 aromatic heterocycles. The lowest BCUT2D eigenvalue weighted by molar-refractivity contribution is -0.180. The molecule has 0 saturated heterocycles. The van der Waals surface area contributed by atoms with Gasteiger partial charge in [-0.05, 0) is 12.8 Å². The van der Waals surface area contributed by atoms with Crippen molar-refractivity contribution in [3.05, 3.63) is 0 Å². The summed E-state index contributed by atoms with van der Waals surface area (Å²) in [6.45, 7) is 4.35. The van der Waals surface area contributed by atoms with E-state index in [1.54, 1.807) is 0 Å². The van der Waals surface area contributed by atoms with E-state index in [0.717, 1.165) is 38.5 Å². The zero-order valence-corrected chi connectivity index (χ0v) is 22.6. The average molecular weight is 515 g/mol. The Morgan fingerprint density at radius 3 is 1.00 bits per heavy atom. The number of hydrogen-bond donors (Lipinski definition) is 2. The predicted molar refractivity (Wildman–Crippen MR) is 138 cm³/mol. The van der Waals surface area contributed by atoms with Crippen molar-refractivity contribution >= 4 is 23.9 Å². The van der Waals surface area contributed by atoms with Gasteiger partial charge in [-0.15, -0.1) is 0 Å². The van der Waals surface area contributed by atoms with Gasteiger partial charge in [0, 0.05) is 12.8 Å². The minimum absolute atomic E-state index is 0.00601. The summed E-state index contributed by atoms with van der Waals surface area (Å²) in [4.78, 5) is 47.3. The Kier molecular flexibility index (Phi) is 22.4. The highest BCUT2D eigenvalue weighted by Crippen LogP contribution is 2.12. The molecule has 210 valence electrons. The van der Waals surface area contributed by atoms with E-state index in [0.29, 0.717) is 12.8 Å². The molecule has 2 unspecified atom stereocenters. The Bertz CT molecular complexity index is 552. The van der Waals surface area contributed by atoms with Crippen molar-refractivity contribution in [3.8, 4) is 0 Å². The van der Waals surface area contributed by atoms with Gasteiger partial charge in [0.15, 0.2) is 12.2 Å². The highest BCUT2D eigenvalue weighted by atomic mass is 16.6. The van der Waals surface area contributed by atoms with E-state index in [9.17, 15) is 29.4 Å². The first-order chi connectivity index (χ1) is 17.3. The molecule has 0 rings (SSSR count). The molecule has 0 fully saturated rings. The van der Waals surface area contributed by atoms with Crippen molar-refractivity contribution in [2.24, 2.45) is 0 Å². The van der Waals surface area contributed by atoms with Gasteiger partial charge in [0.2, 0.25) is 0 Å². The molecule has 0 aliphatic heterocycles. The summed E-state index contributed by atoms with van der Waals surface area (Å²) in [5.74, 6) is -4.54. The van der Waals surface area contributed by atoms with Crippen LogP contribution < -0.4 is 0 Å². The molecular formula is C28H50O8. The number of ether oxygens (including phenoxy) is 2. The van der Waals surface area contributed by atoms with E-state index in [1.165, 1.54) is 64.2 Å². The molecule has 0 aliphatic carbocycles. The number of carbonyl (C=O) groups excluding carboxylic acids is 4. The van der Waals surface area contributed by atoms with Crippen LogP contribution in [0.2, 0.25) is 0 Å². The minimum Gasteiger partial charge on any atom is -0.391 e. The van der Waals surface area contributed by atoms with E-state index in [4.69, 9.17) is 0 Å². The first-order valence-electron chi connectivity index (χ1n) is 14.2. The van der Waals surface area contributed by atoms with Crippen LogP contribution in [0.5, 0.6) is 0 Å². The molecule has 8 nitrogen and oxygen atoms in total. The number of rotatable bonds is 23. The second-order valence-electron chi connectivity index (χ2n) is 9.63. The Morgan fingerprint density at radius 1 is 0.472 bits per heavy atom. The monoisotopic (exact) mass is 514 g/mol. The fraction of sp³-hybridized carbons (Fsp3) is 0.857. The fourth-order valence-corrected chi connectivity index (χ4v) is 3.86. The summed E-state index contributed by atoms with van der Waals surface area (Å²) in [6, 6.07) is 0. The molecule has 2 atom stereocenters. The first-order valence-corrected chi connectivity index (χ1v) is 14.2. The lowest BCUT2D eigenvalue weighted by Gasteiger charge is -2.14. The highest BCUT2D eigenvalue weighted by molar-refractivity contribution is 5.94. The largest absolute Gasteiger partial charge is 0.391 e. The number of unbranched alkanes of at least 4 members (excludes halogenated alkanes) is 16. The summed E-state index contributed by atoms with van der Waals surface area (Å²) < 4.78 is 9.03. The van der Waals surface area contributed by atoms with Crippen molar-refractivity contribution in [1.82, 2.24) is 0 Å². The van der Waals surface area contributed by atoms with Gasteiger partial charge in [-0.1, -0.05) is 117 Å². The van der Waals surface area contributed by atoms with Crippen LogP contribution in [0.1, 0.15) is 142 Å². The van der Waals surface area contributed by atoms with Crippen LogP contribution in [0.3, 0.4) is 0 Å². The number of aliphatic hydroxyl groups is 2. The van der Waals surface area contributed by atoms with Gasteiger partial charge in [0.25, 0.3) is 0 Å². The van der Waals surface area contributed by atoms with Crippen LogP contribution in [0.4, 0.5) is 0 Å². The molecular weight excluding hydrogens is 464 g/mol. The molecule has 0 aromatic rings. The molecule has 0 aromatic carbocycles. The topological polar surface area (TPSA) is 127 Å². The third-order valence-electron chi connectivity index (χ3n) is 6.18. The molecule has 0 amide bonds. The van der Waals surface area contributed by atoms with Gasteiger partial charge in [0.05, 0.1) is 0 Å². The summed E-state index contributed by atoms with van der Waals surface area (Å²) in [5.41, 5.74) is 0. The lowest BCUT2D eigenvalue weighted by atomic mass is 10.1.